The molecule has 2 aromatic carbocycles. The quantitative estimate of drug-likeness (QED) is 0.485. The smallest absolute Gasteiger partial charge is 0.284 e. The van der Waals surface area contributed by atoms with Crippen molar-refractivity contribution in [2.45, 2.75) is 13.0 Å². The van der Waals surface area contributed by atoms with Gasteiger partial charge in [-0.15, -0.1) is 0 Å². The highest BCUT2D eigenvalue weighted by molar-refractivity contribution is 5.93. The molecule has 0 atom stereocenters. The molecule has 0 spiro atoms. The number of fused-ring (bicyclic) bond motifs is 1. The van der Waals surface area contributed by atoms with E-state index in [1.807, 2.05) is 18.2 Å². The van der Waals surface area contributed by atoms with Crippen molar-refractivity contribution in [3.63, 3.8) is 0 Å². The van der Waals surface area contributed by atoms with Crippen LogP contribution in [-0.4, -0.2) is 34.1 Å². The van der Waals surface area contributed by atoms with Crippen molar-refractivity contribution in [1.82, 2.24) is 19.9 Å². The van der Waals surface area contributed by atoms with Crippen LogP contribution in [0.25, 0.3) is 11.2 Å². The zero-order valence-corrected chi connectivity index (χ0v) is 17.4. The second-order valence-corrected chi connectivity index (χ2v) is 7.14. The van der Waals surface area contributed by atoms with E-state index in [4.69, 9.17) is 4.74 Å². The van der Waals surface area contributed by atoms with Gasteiger partial charge >= 0.3 is 0 Å². The molecule has 0 radical (unpaired) electrons. The summed E-state index contributed by atoms with van der Waals surface area (Å²) in [5, 5.41) is 2.73. The number of hydrogen-bond donors (Lipinski definition) is 1. The van der Waals surface area contributed by atoms with Crippen LogP contribution in [0.15, 0.2) is 71.7 Å². The molecule has 0 aliphatic heterocycles. The van der Waals surface area contributed by atoms with E-state index < -0.39 is 11.5 Å². The fourth-order valence-corrected chi connectivity index (χ4v) is 3.43. The third-order valence-corrected chi connectivity index (χ3v) is 5.05. The molecule has 4 rings (SSSR count). The minimum atomic E-state index is -0.573. The lowest BCUT2D eigenvalue weighted by Gasteiger charge is -2.13. The lowest BCUT2D eigenvalue weighted by molar-refractivity contribution is 0.0947. The van der Waals surface area contributed by atoms with Crippen LogP contribution in [-0.2, 0) is 13.0 Å². The number of nitrogens with zero attached hydrogens (tertiary/aromatic N) is 3. The summed E-state index contributed by atoms with van der Waals surface area (Å²) >= 11 is 0. The Bertz CT molecular complexity index is 1320. The number of benzene rings is 2. The van der Waals surface area contributed by atoms with Crippen molar-refractivity contribution in [2.75, 3.05) is 13.7 Å². The first kappa shape index (κ1) is 21.2. The Hall–Kier alpha value is -4.07. The normalized spacial score (nSPS) is 10.8. The highest BCUT2D eigenvalue weighted by atomic mass is 19.1. The van der Waals surface area contributed by atoms with Gasteiger partial charge in [0.25, 0.3) is 11.5 Å². The van der Waals surface area contributed by atoms with Gasteiger partial charge in [0.1, 0.15) is 17.1 Å². The average molecular weight is 432 g/mol. The first-order valence-electron chi connectivity index (χ1n) is 10.1. The van der Waals surface area contributed by atoms with Crippen molar-refractivity contribution in [2.24, 2.45) is 0 Å². The molecule has 1 amide bonds. The monoisotopic (exact) mass is 432 g/mol. The maximum atomic E-state index is 13.2. The number of nitrogens with one attached hydrogen (secondary N) is 1. The number of rotatable bonds is 7. The molecular formula is C24H21FN4O3. The third-order valence-electron chi connectivity index (χ3n) is 5.05. The Kier molecular flexibility index (Phi) is 6.21. The van der Waals surface area contributed by atoms with Crippen LogP contribution in [0.4, 0.5) is 4.39 Å². The van der Waals surface area contributed by atoms with Crippen LogP contribution in [0.3, 0.4) is 0 Å². The first-order valence-corrected chi connectivity index (χ1v) is 10.1. The van der Waals surface area contributed by atoms with Crippen LogP contribution < -0.4 is 15.6 Å². The molecule has 7 nitrogen and oxygen atoms in total. The van der Waals surface area contributed by atoms with Gasteiger partial charge in [-0.25, -0.2) is 14.4 Å². The SMILES string of the molecule is COc1ccccc1Cn1c(=O)c(C(=O)NCCc2ccc(F)cc2)nc2cccnc21. The lowest BCUT2D eigenvalue weighted by atomic mass is 10.1. The van der Waals surface area contributed by atoms with Gasteiger partial charge in [0, 0.05) is 18.3 Å². The van der Waals surface area contributed by atoms with Gasteiger partial charge in [-0.3, -0.25) is 14.2 Å². The summed E-state index contributed by atoms with van der Waals surface area (Å²) in [6, 6.07) is 16.8. The topological polar surface area (TPSA) is 86.1 Å². The molecule has 32 heavy (non-hydrogen) atoms. The lowest BCUT2D eigenvalue weighted by Crippen LogP contribution is -2.36. The fraction of sp³-hybridized carbons (Fsp3) is 0.167. The molecule has 0 aliphatic carbocycles. The molecule has 4 aromatic rings. The fourth-order valence-electron chi connectivity index (χ4n) is 3.43. The Labute approximate surface area is 183 Å². The van der Waals surface area contributed by atoms with Crippen LogP contribution in [0.5, 0.6) is 5.75 Å². The van der Waals surface area contributed by atoms with Crippen molar-refractivity contribution in [3.05, 3.63) is 99.9 Å². The molecule has 0 aliphatic rings. The first-order chi connectivity index (χ1) is 15.6. The van der Waals surface area contributed by atoms with E-state index in [1.165, 1.54) is 16.7 Å². The van der Waals surface area contributed by atoms with Crippen LogP contribution in [0.2, 0.25) is 0 Å². The van der Waals surface area contributed by atoms with Crippen molar-refractivity contribution < 1.29 is 13.9 Å². The number of carbonyl (C=O) groups excluding carboxylic acids is 1. The number of halogens is 1. The van der Waals surface area contributed by atoms with Crippen LogP contribution in [0, 0.1) is 5.82 Å². The zero-order valence-electron chi connectivity index (χ0n) is 17.4. The summed E-state index contributed by atoms with van der Waals surface area (Å²) in [4.78, 5) is 34.6. The molecule has 0 fully saturated rings. The number of carbonyl (C=O) groups is 1. The van der Waals surface area contributed by atoms with E-state index in [0.29, 0.717) is 23.3 Å². The average Bonchev–Trinajstić information content (AvgIpc) is 2.82. The van der Waals surface area contributed by atoms with E-state index in [1.54, 1.807) is 43.6 Å². The van der Waals surface area contributed by atoms with Gasteiger partial charge in [0.05, 0.1) is 13.7 Å². The molecule has 1 N–H and O–H groups in total. The molecular weight excluding hydrogens is 411 g/mol. The second-order valence-electron chi connectivity index (χ2n) is 7.14. The maximum Gasteiger partial charge on any atom is 0.284 e. The van der Waals surface area contributed by atoms with Gasteiger partial charge < -0.3 is 10.1 Å². The Morgan fingerprint density at radius 3 is 2.66 bits per heavy atom. The van der Waals surface area contributed by atoms with E-state index in [-0.39, 0.29) is 24.6 Å². The summed E-state index contributed by atoms with van der Waals surface area (Å²) < 4.78 is 19.9. The number of pyridine rings is 1. The van der Waals surface area contributed by atoms with E-state index in [2.05, 4.69) is 15.3 Å². The number of aromatic nitrogens is 3. The number of hydrogen-bond acceptors (Lipinski definition) is 5. The summed E-state index contributed by atoms with van der Waals surface area (Å²) in [7, 11) is 1.56. The molecule has 2 heterocycles. The molecule has 2 aromatic heterocycles. The molecule has 8 heteroatoms. The molecule has 0 unspecified atom stereocenters. The van der Waals surface area contributed by atoms with E-state index in [0.717, 1.165) is 11.1 Å². The predicted molar refractivity (Wildman–Crippen MR) is 118 cm³/mol. The highest BCUT2D eigenvalue weighted by Crippen LogP contribution is 2.19. The van der Waals surface area contributed by atoms with Crippen LogP contribution in [0.1, 0.15) is 21.6 Å². The van der Waals surface area contributed by atoms with Gasteiger partial charge in [-0.05, 0) is 42.3 Å². The Morgan fingerprint density at radius 1 is 1.09 bits per heavy atom. The predicted octanol–water partition coefficient (Wildman–Crippen LogP) is 2.96. The standard InChI is InChI=1S/C24H21FN4O3/c1-32-20-7-3-2-5-17(20)15-29-22-19(6-4-13-26-22)28-21(24(29)31)23(30)27-14-12-16-8-10-18(25)11-9-16/h2-11,13H,12,14-15H2,1H3,(H,27,30). The Morgan fingerprint density at radius 2 is 1.88 bits per heavy atom. The largest absolute Gasteiger partial charge is 0.496 e. The molecule has 162 valence electrons. The van der Waals surface area contributed by atoms with Crippen molar-refractivity contribution in [3.8, 4) is 5.75 Å². The van der Waals surface area contributed by atoms with E-state index >= 15 is 0 Å². The number of para-hydroxylation sites is 1. The Balaban J connectivity index is 1.63. The third kappa shape index (κ3) is 4.49. The van der Waals surface area contributed by atoms with Crippen molar-refractivity contribution in [1.29, 1.82) is 0 Å². The summed E-state index contributed by atoms with van der Waals surface area (Å²) in [6.07, 6.45) is 2.07. The van der Waals surface area contributed by atoms with Gasteiger partial charge in [-0.2, -0.15) is 0 Å². The zero-order chi connectivity index (χ0) is 22.5. The minimum Gasteiger partial charge on any atom is -0.496 e. The number of methoxy groups -OCH3 is 1. The molecule has 0 saturated carbocycles. The summed E-state index contributed by atoms with van der Waals surface area (Å²) in [5.74, 6) is -0.260. The van der Waals surface area contributed by atoms with Gasteiger partial charge in [-0.1, -0.05) is 30.3 Å². The second kappa shape index (κ2) is 9.38. The highest BCUT2D eigenvalue weighted by Gasteiger charge is 2.19. The molecule has 0 bridgehead atoms. The van der Waals surface area contributed by atoms with Crippen LogP contribution >= 0.6 is 0 Å². The summed E-state index contributed by atoms with van der Waals surface area (Å²) in [6.45, 7) is 0.456. The van der Waals surface area contributed by atoms with Gasteiger partial charge in [0.15, 0.2) is 11.3 Å². The number of amides is 1. The minimum absolute atomic E-state index is 0.175. The maximum absolute atomic E-state index is 13.2. The van der Waals surface area contributed by atoms with Gasteiger partial charge in [0.2, 0.25) is 0 Å². The number of ether oxygens (including phenoxy) is 1. The van der Waals surface area contributed by atoms with Crippen molar-refractivity contribution >= 4 is 17.1 Å². The molecule has 0 saturated heterocycles. The summed E-state index contributed by atoms with van der Waals surface area (Å²) in [5.41, 5.74) is 1.71. The van der Waals surface area contributed by atoms with E-state index in [9.17, 15) is 14.0 Å².